The zero-order chi connectivity index (χ0) is 19.6. The molecule has 4 nitrogen and oxygen atoms in total. The highest BCUT2D eigenvalue weighted by atomic mass is 32.2. The molecular formula is C19H20F3NO3S. The molecule has 27 heavy (non-hydrogen) atoms. The van der Waals surface area contributed by atoms with E-state index in [1.54, 1.807) is 24.3 Å². The van der Waals surface area contributed by atoms with Gasteiger partial charge in [0, 0.05) is 12.3 Å². The number of hydrogen-bond donors (Lipinski definition) is 1. The lowest BCUT2D eigenvalue weighted by atomic mass is 10.1. The van der Waals surface area contributed by atoms with Crippen molar-refractivity contribution in [3.05, 3.63) is 59.4 Å². The fourth-order valence-corrected chi connectivity index (χ4v) is 3.11. The third-order valence-corrected chi connectivity index (χ3v) is 4.60. The van der Waals surface area contributed by atoms with E-state index in [4.69, 9.17) is 4.74 Å². The van der Waals surface area contributed by atoms with E-state index in [2.05, 4.69) is 10.1 Å². The van der Waals surface area contributed by atoms with Gasteiger partial charge in [-0.05, 0) is 41.8 Å². The number of alkyl halides is 2. The number of amides is 1. The van der Waals surface area contributed by atoms with Crippen LogP contribution in [0, 0.1) is 5.82 Å². The maximum absolute atomic E-state index is 12.8. The number of carbonyl (C=O) groups is 1. The van der Waals surface area contributed by atoms with Crippen LogP contribution in [0.4, 0.5) is 13.2 Å². The van der Waals surface area contributed by atoms with Gasteiger partial charge in [0.15, 0.2) is 11.5 Å². The molecule has 2 rings (SSSR count). The first-order chi connectivity index (χ1) is 13.0. The van der Waals surface area contributed by atoms with Crippen LogP contribution in [0.25, 0.3) is 0 Å². The summed E-state index contributed by atoms with van der Waals surface area (Å²) in [5, 5.41) is 2.80. The second kappa shape index (κ2) is 10.7. The second-order valence-corrected chi connectivity index (χ2v) is 6.57. The molecule has 0 saturated heterocycles. The number of methoxy groups -OCH3 is 1. The molecule has 0 fully saturated rings. The van der Waals surface area contributed by atoms with Crippen LogP contribution in [0.1, 0.15) is 11.1 Å². The Morgan fingerprint density at radius 3 is 2.48 bits per heavy atom. The Morgan fingerprint density at radius 2 is 1.81 bits per heavy atom. The molecule has 0 aliphatic rings. The van der Waals surface area contributed by atoms with E-state index in [-0.39, 0.29) is 29.0 Å². The number of ether oxygens (including phenoxy) is 2. The molecule has 2 aromatic rings. The zero-order valence-electron chi connectivity index (χ0n) is 14.7. The summed E-state index contributed by atoms with van der Waals surface area (Å²) in [5.74, 6) is 0.589. The number of nitrogens with one attached hydrogen (secondary N) is 1. The largest absolute Gasteiger partial charge is 0.493 e. The molecule has 0 aromatic heterocycles. The highest BCUT2D eigenvalue weighted by Gasteiger charge is 2.11. The minimum absolute atomic E-state index is 0.0280. The molecule has 0 aliphatic heterocycles. The number of benzene rings is 2. The molecule has 0 radical (unpaired) electrons. The van der Waals surface area contributed by atoms with Crippen molar-refractivity contribution >= 4 is 17.7 Å². The quantitative estimate of drug-likeness (QED) is 0.655. The average molecular weight is 399 g/mol. The highest BCUT2D eigenvalue weighted by molar-refractivity contribution is 7.99. The highest BCUT2D eigenvalue weighted by Crippen LogP contribution is 2.30. The molecule has 0 aliphatic carbocycles. The van der Waals surface area contributed by atoms with Crippen LogP contribution >= 0.6 is 11.8 Å². The van der Waals surface area contributed by atoms with Crippen molar-refractivity contribution in [2.75, 3.05) is 19.4 Å². The minimum Gasteiger partial charge on any atom is -0.493 e. The topological polar surface area (TPSA) is 47.6 Å². The van der Waals surface area contributed by atoms with Crippen molar-refractivity contribution in [2.45, 2.75) is 18.8 Å². The van der Waals surface area contributed by atoms with Gasteiger partial charge in [-0.3, -0.25) is 4.79 Å². The summed E-state index contributed by atoms with van der Waals surface area (Å²) in [4.78, 5) is 11.9. The first-order valence-electron chi connectivity index (χ1n) is 8.18. The Morgan fingerprint density at radius 1 is 1.11 bits per heavy atom. The smallest absolute Gasteiger partial charge is 0.387 e. The van der Waals surface area contributed by atoms with Gasteiger partial charge in [0.2, 0.25) is 5.91 Å². The fourth-order valence-electron chi connectivity index (χ4n) is 2.31. The van der Waals surface area contributed by atoms with Gasteiger partial charge in [0.1, 0.15) is 5.82 Å². The van der Waals surface area contributed by atoms with E-state index in [1.165, 1.54) is 37.1 Å². The number of carbonyl (C=O) groups excluding carboxylic acids is 1. The van der Waals surface area contributed by atoms with Gasteiger partial charge in [-0.2, -0.15) is 8.78 Å². The first-order valence-corrected chi connectivity index (χ1v) is 9.34. The van der Waals surface area contributed by atoms with Gasteiger partial charge in [-0.15, -0.1) is 11.8 Å². The van der Waals surface area contributed by atoms with Crippen molar-refractivity contribution in [1.82, 2.24) is 5.32 Å². The molecule has 2 aromatic carbocycles. The summed E-state index contributed by atoms with van der Waals surface area (Å²) < 4.78 is 46.9. The van der Waals surface area contributed by atoms with Crippen LogP contribution in [-0.2, 0) is 17.0 Å². The van der Waals surface area contributed by atoms with E-state index < -0.39 is 6.61 Å². The maximum atomic E-state index is 12.8. The number of rotatable bonds is 10. The van der Waals surface area contributed by atoms with Crippen molar-refractivity contribution < 1.29 is 27.4 Å². The lowest BCUT2D eigenvalue weighted by Crippen LogP contribution is -2.27. The second-order valence-electron chi connectivity index (χ2n) is 5.58. The zero-order valence-corrected chi connectivity index (χ0v) is 15.5. The predicted molar refractivity (Wildman–Crippen MR) is 98.9 cm³/mol. The van der Waals surface area contributed by atoms with Crippen LogP contribution in [0.2, 0.25) is 0 Å². The molecule has 0 bridgehead atoms. The van der Waals surface area contributed by atoms with Crippen molar-refractivity contribution in [1.29, 1.82) is 0 Å². The van der Waals surface area contributed by atoms with E-state index in [9.17, 15) is 18.0 Å². The Hall–Kier alpha value is -2.35. The summed E-state index contributed by atoms with van der Waals surface area (Å²) in [6, 6.07) is 10.8. The molecule has 1 N–H and O–H groups in total. The normalized spacial score (nSPS) is 10.7. The molecule has 0 saturated carbocycles. The Labute approximate surface area is 160 Å². The Kier molecular flexibility index (Phi) is 8.32. The minimum atomic E-state index is -2.92. The Bertz CT molecular complexity index is 741. The van der Waals surface area contributed by atoms with E-state index >= 15 is 0 Å². The number of halogens is 3. The van der Waals surface area contributed by atoms with Crippen molar-refractivity contribution in [3.8, 4) is 11.5 Å². The third kappa shape index (κ3) is 7.42. The SMILES string of the molecule is COc1cc(CSCC(=O)NCCc2ccc(F)cc2)ccc1OC(F)F. The number of thioether (sulfide) groups is 1. The summed E-state index contributed by atoms with van der Waals surface area (Å²) >= 11 is 1.40. The van der Waals surface area contributed by atoms with Gasteiger partial charge >= 0.3 is 6.61 Å². The summed E-state index contributed by atoms with van der Waals surface area (Å²) in [6.45, 7) is -2.45. The predicted octanol–water partition coefficient (Wildman–Crippen LogP) is 4.03. The molecule has 0 heterocycles. The van der Waals surface area contributed by atoms with Crippen LogP contribution in [0.5, 0.6) is 11.5 Å². The van der Waals surface area contributed by atoms with Crippen LogP contribution < -0.4 is 14.8 Å². The number of hydrogen-bond acceptors (Lipinski definition) is 4. The Balaban J connectivity index is 1.71. The summed E-state index contributed by atoms with van der Waals surface area (Å²) in [6.07, 6.45) is 0.624. The fraction of sp³-hybridized carbons (Fsp3) is 0.316. The van der Waals surface area contributed by atoms with Crippen LogP contribution in [0.15, 0.2) is 42.5 Å². The maximum Gasteiger partial charge on any atom is 0.387 e. The molecule has 0 spiro atoms. The van der Waals surface area contributed by atoms with E-state index in [0.717, 1.165) is 11.1 Å². The van der Waals surface area contributed by atoms with Gasteiger partial charge < -0.3 is 14.8 Å². The standard InChI is InChI=1S/C19H20F3NO3S/c1-25-17-10-14(4-7-16(17)26-19(21)22)11-27-12-18(24)23-9-8-13-2-5-15(20)6-3-13/h2-7,10,19H,8-9,11-12H2,1H3,(H,23,24). The van der Waals surface area contributed by atoms with Gasteiger partial charge in [0.05, 0.1) is 12.9 Å². The van der Waals surface area contributed by atoms with Crippen molar-refractivity contribution in [3.63, 3.8) is 0 Å². The summed E-state index contributed by atoms with van der Waals surface area (Å²) in [5.41, 5.74) is 1.78. The van der Waals surface area contributed by atoms with Crippen LogP contribution in [0.3, 0.4) is 0 Å². The average Bonchev–Trinajstić information content (AvgIpc) is 2.64. The molecule has 146 valence electrons. The lowest BCUT2D eigenvalue weighted by molar-refractivity contribution is -0.118. The van der Waals surface area contributed by atoms with Crippen molar-refractivity contribution in [2.24, 2.45) is 0 Å². The molecule has 0 atom stereocenters. The lowest BCUT2D eigenvalue weighted by Gasteiger charge is -2.11. The van der Waals surface area contributed by atoms with Gasteiger partial charge in [0.25, 0.3) is 0 Å². The molecular weight excluding hydrogens is 379 g/mol. The van der Waals surface area contributed by atoms with Gasteiger partial charge in [-0.25, -0.2) is 4.39 Å². The molecule has 1 amide bonds. The summed E-state index contributed by atoms with van der Waals surface area (Å²) in [7, 11) is 1.37. The van der Waals surface area contributed by atoms with Crippen LogP contribution in [-0.4, -0.2) is 31.9 Å². The van der Waals surface area contributed by atoms with Gasteiger partial charge in [-0.1, -0.05) is 18.2 Å². The van der Waals surface area contributed by atoms with E-state index in [1.807, 2.05) is 0 Å². The van der Waals surface area contributed by atoms with E-state index in [0.29, 0.717) is 18.7 Å². The molecule has 8 heteroatoms. The molecule has 0 unspecified atom stereocenters. The monoisotopic (exact) mass is 399 g/mol. The first kappa shape index (κ1) is 21.0. The third-order valence-electron chi connectivity index (χ3n) is 3.60.